The third kappa shape index (κ3) is 4.36. The van der Waals surface area contributed by atoms with Crippen LogP contribution in [0.1, 0.15) is 42.1 Å². The summed E-state index contributed by atoms with van der Waals surface area (Å²) in [5.41, 5.74) is 3.22. The first-order valence-electron chi connectivity index (χ1n) is 10.6. The lowest BCUT2D eigenvalue weighted by Gasteiger charge is -2.36. The third-order valence-corrected chi connectivity index (χ3v) is 5.80. The van der Waals surface area contributed by atoms with E-state index >= 15 is 0 Å². The van der Waals surface area contributed by atoms with E-state index in [1.54, 1.807) is 13.2 Å². The molecule has 0 amide bonds. The minimum absolute atomic E-state index is 0.147. The molecule has 0 spiro atoms. The Hall–Kier alpha value is -3.26. The number of ether oxygens (including phenoxy) is 2. The summed E-state index contributed by atoms with van der Waals surface area (Å²) in [4.78, 5) is 18.4. The van der Waals surface area contributed by atoms with Crippen LogP contribution in [0.5, 0.6) is 0 Å². The zero-order chi connectivity index (χ0) is 22.7. The Bertz CT molecular complexity index is 1110. The Balaban J connectivity index is 1.63. The number of hydrogen-bond acceptors (Lipinski definition) is 7. The van der Waals surface area contributed by atoms with Gasteiger partial charge in [0, 0.05) is 42.1 Å². The second-order valence-corrected chi connectivity index (χ2v) is 7.92. The van der Waals surface area contributed by atoms with Crippen molar-refractivity contribution in [1.82, 2.24) is 10.1 Å². The fourth-order valence-corrected chi connectivity index (χ4v) is 4.11. The van der Waals surface area contributed by atoms with Crippen LogP contribution in [-0.4, -0.2) is 42.9 Å². The molecule has 0 saturated carbocycles. The number of methoxy groups -OCH3 is 2. The number of esters is 1. The third-order valence-electron chi connectivity index (χ3n) is 5.80. The SMILES string of the molecule is COCc1cc(-c2nc(-c3ccc(C(=O)OC)c(F)c3)no2)ccc1N1CCCCC1C. The lowest BCUT2D eigenvalue weighted by molar-refractivity contribution is 0.0595. The van der Waals surface area contributed by atoms with Crippen LogP contribution in [0.3, 0.4) is 0 Å². The lowest BCUT2D eigenvalue weighted by Crippen LogP contribution is -2.38. The molecule has 8 heteroatoms. The second kappa shape index (κ2) is 9.48. The minimum atomic E-state index is -0.739. The summed E-state index contributed by atoms with van der Waals surface area (Å²) in [7, 11) is 2.88. The number of aromatic nitrogens is 2. The summed E-state index contributed by atoms with van der Waals surface area (Å²) in [6, 6.07) is 10.6. The fourth-order valence-electron chi connectivity index (χ4n) is 4.11. The first-order valence-corrected chi connectivity index (χ1v) is 10.6. The topological polar surface area (TPSA) is 77.7 Å². The summed E-state index contributed by atoms with van der Waals surface area (Å²) >= 11 is 0. The maximum Gasteiger partial charge on any atom is 0.340 e. The molecule has 0 aliphatic carbocycles. The molecule has 0 bridgehead atoms. The summed E-state index contributed by atoms with van der Waals surface area (Å²) in [6.07, 6.45) is 3.60. The van der Waals surface area contributed by atoms with Gasteiger partial charge in [-0.15, -0.1) is 0 Å². The molecule has 1 aliphatic rings. The van der Waals surface area contributed by atoms with Crippen molar-refractivity contribution in [3.8, 4) is 22.8 Å². The first-order chi connectivity index (χ1) is 15.5. The monoisotopic (exact) mass is 439 g/mol. The largest absolute Gasteiger partial charge is 0.465 e. The van der Waals surface area contributed by atoms with Gasteiger partial charge < -0.3 is 18.9 Å². The molecule has 32 heavy (non-hydrogen) atoms. The van der Waals surface area contributed by atoms with Crippen LogP contribution in [0.2, 0.25) is 0 Å². The van der Waals surface area contributed by atoms with Gasteiger partial charge in [-0.3, -0.25) is 0 Å². The summed E-state index contributed by atoms with van der Waals surface area (Å²) in [6.45, 7) is 3.74. The van der Waals surface area contributed by atoms with Gasteiger partial charge >= 0.3 is 5.97 Å². The van der Waals surface area contributed by atoms with Crippen molar-refractivity contribution in [3.05, 3.63) is 53.3 Å². The van der Waals surface area contributed by atoms with E-state index in [4.69, 9.17) is 9.26 Å². The first kappa shape index (κ1) is 22.0. The van der Waals surface area contributed by atoms with Crippen LogP contribution < -0.4 is 4.90 Å². The molecular weight excluding hydrogens is 413 g/mol. The number of halogens is 1. The molecule has 0 radical (unpaired) electrons. The molecule has 2 heterocycles. The highest BCUT2D eigenvalue weighted by molar-refractivity contribution is 5.90. The summed E-state index contributed by atoms with van der Waals surface area (Å²) < 4.78 is 29.8. The number of carbonyl (C=O) groups is 1. The molecule has 168 valence electrons. The van der Waals surface area contributed by atoms with Gasteiger partial charge in [0.2, 0.25) is 5.82 Å². The molecule has 1 saturated heterocycles. The molecule has 1 fully saturated rings. The maximum atomic E-state index is 14.3. The van der Waals surface area contributed by atoms with E-state index in [0.29, 0.717) is 24.1 Å². The molecule has 3 aromatic rings. The number of anilines is 1. The van der Waals surface area contributed by atoms with Gasteiger partial charge in [-0.25, -0.2) is 9.18 Å². The summed E-state index contributed by atoms with van der Waals surface area (Å²) in [5, 5.41) is 3.99. The standard InChI is InChI=1S/C24H26FN3O4/c1-15-6-4-5-11-28(15)21-10-8-17(12-18(21)14-30-2)23-26-22(27-32-23)16-7-9-19(20(25)13-16)24(29)31-3/h7-10,12-13,15H,4-6,11,14H2,1-3H3. The molecule has 1 aliphatic heterocycles. The van der Waals surface area contributed by atoms with Crippen molar-refractivity contribution < 1.29 is 23.2 Å². The van der Waals surface area contributed by atoms with E-state index in [1.165, 1.54) is 38.5 Å². The average Bonchev–Trinajstić information content (AvgIpc) is 3.30. The van der Waals surface area contributed by atoms with Gasteiger partial charge in [0.15, 0.2) is 0 Å². The van der Waals surface area contributed by atoms with E-state index in [-0.39, 0.29) is 11.4 Å². The van der Waals surface area contributed by atoms with Crippen LogP contribution in [0.4, 0.5) is 10.1 Å². The molecule has 1 unspecified atom stereocenters. The van der Waals surface area contributed by atoms with Crippen LogP contribution in [0.25, 0.3) is 22.8 Å². The Morgan fingerprint density at radius 2 is 2.00 bits per heavy atom. The molecule has 1 atom stereocenters. The number of rotatable bonds is 6. The average molecular weight is 439 g/mol. The smallest absolute Gasteiger partial charge is 0.340 e. The normalized spacial score (nSPS) is 16.2. The van der Waals surface area contributed by atoms with Crippen LogP contribution in [-0.2, 0) is 16.1 Å². The minimum Gasteiger partial charge on any atom is -0.465 e. The predicted octanol–water partition coefficient (Wildman–Crippen LogP) is 4.85. The maximum absolute atomic E-state index is 14.3. The Kier molecular flexibility index (Phi) is 6.50. The van der Waals surface area contributed by atoms with Gasteiger partial charge in [-0.1, -0.05) is 5.16 Å². The van der Waals surface area contributed by atoms with Crippen molar-refractivity contribution in [2.45, 2.75) is 38.8 Å². The molecule has 1 aromatic heterocycles. The van der Waals surface area contributed by atoms with Crippen molar-refractivity contribution in [1.29, 1.82) is 0 Å². The fraction of sp³-hybridized carbons (Fsp3) is 0.375. The van der Waals surface area contributed by atoms with Gasteiger partial charge in [-0.2, -0.15) is 4.98 Å². The Morgan fingerprint density at radius 1 is 1.19 bits per heavy atom. The zero-order valence-electron chi connectivity index (χ0n) is 18.4. The van der Waals surface area contributed by atoms with Crippen molar-refractivity contribution >= 4 is 11.7 Å². The number of benzene rings is 2. The van der Waals surface area contributed by atoms with Gasteiger partial charge in [0.25, 0.3) is 5.89 Å². The highest BCUT2D eigenvalue weighted by Crippen LogP contribution is 2.32. The quantitative estimate of drug-likeness (QED) is 0.508. The van der Waals surface area contributed by atoms with Gasteiger partial charge in [-0.05, 0) is 62.6 Å². The van der Waals surface area contributed by atoms with Crippen LogP contribution >= 0.6 is 0 Å². The molecular formula is C24H26FN3O4. The van der Waals surface area contributed by atoms with Crippen molar-refractivity contribution in [2.24, 2.45) is 0 Å². The van der Waals surface area contributed by atoms with Gasteiger partial charge in [0.05, 0.1) is 19.3 Å². The Morgan fingerprint density at radius 3 is 2.72 bits per heavy atom. The number of piperidine rings is 1. The van der Waals surface area contributed by atoms with Crippen molar-refractivity contribution in [2.75, 3.05) is 25.7 Å². The molecule has 2 aromatic carbocycles. The molecule has 0 N–H and O–H groups in total. The van der Waals surface area contributed by atoms with E-state index in [1.807, 2.05) is 12.1 Å². The molecule has 4 rings (SSSR count). The highest BCUT2D eigenvalue weighted by Gasteiger charge is 2.22. The molecule has 7 nitrogen and oxygen atoms in total. The van der Waals surface area contributed by atoms with E-state index < -0.39 is 11.8 Å². The van der Waals surface area contributed by atoms with E-state index in [2.05, 4.69) is 32.8 Å². The van der Waals surface area contributed by atoms with Crippen LogP contribution in [0, 0.1) is 5.82 Å². The lowest BCUT2D eigenvalue weighted by atomic mass is 10.00. The second-order valence-electron chi connectivity index (χ2n) is 7.92. The zero-order valence-corrected chi connectivity index (χ0v) is 18.4. The number of hydrogen-bond donors (Lipinski definition) is 0. The predicted molar refractivity (Wildman–Crippen MR) is 118 cm³/mol. The number of carbonyl (C=O) groups excluding carboxylic acids is 1. The van der Waals surface area contributed by atoms with E-state index in [0.717, 1.165) is 23.4 Å². The van der Waals surface area contributed by atoms with E-state index in [9.17, 15) is 9.18 Å². The Labute approximate surface area is 186 Å². The summed E-state index contributed by atoms with van der Waals surface area (Å²) in [5.74, 6) is -0.884. The van der Waals surface area contributed by atoms with Gasteiger partial charge in [0.1, 0.15) is 5.82 Å². The van der Waals surface area contributed by atoms with Crippen LogP contribution in [0.15, 0.2) is 40.9 Å². The van der Waals surface area contributed by atoms with Crippen molar-refractivity contribution in [3.63, 3.8) is 0 Å². The highest BCUT2D eigenvalue weighted by atomic mass is 19.1. The number of nitrogens with zero attached hydrogens (tertiary/aromatic N) is 3.